The van der Waals surface area contributed by atoms with Crippen molar-refractivity contribution >= 4 is 38.8 Å². The number of hydrogen-bond donors (Lipinski definition) is 1. The van der Waals surface area contributed by atoms with Gasteiger partial charge in [0.25, 0.3) is 0 Å². The van der Waals surface area contributed by atoms with Crippen molar-refractivity contribution in [2.75, 3.05) is 10.1 Å². The fourth-order valence-electron chi connectivity index (χ4n) is 1.53. The number of sulfonamides is 1. The Labute approximate surface area is 116 Å². The molecule has 0 aliphatic heterocycles. The van der Waals surface area contributed by atoms with E-state index in [0.717, 1.165) is 19.1 Å². The maximum Gasteiger partial charge on any atom is 0.241 e. The Morgan fingerprint density at radius 2 is 2.05 bits per heavy atom. The van der Waals surface area contributed by atoms with Gasteiger partial charge in [0.05, 0.1) is 11.4 Å². The van der Waals surface area contributed by atoms with E-state index < -0.39 is 21.7 Å². The Morgan fingerprint density at radius 1 is 1.47 bits per heavy atom. The van der Waals surface area contributed by atoms with Crippen LogP contribution in [-0.4, -0.2) is 25.1 Å². The van der Waals surface area contributed by atoms with E-state index in [-0.39, 0.29) is 22.0 Å². The highest BCUT2D eigenvalue weighted by Crippen LogP contribution is 2.25. The molecule has 0 aliphatic rings. The Kier molecular flexibility index (Phi) is 4.59. The van der Waals surface area contributed by atoms with Gasteiger partial charge >= 0.3 is 0 Å². The lowest BCUT2D eigenvalue weighted by atomic mass is 10.1. The molecule has 5 nitrogen and oxygen atoms in total. The summed E-state index contributed by atoms with van der Waals surface area (Å²) in [6.45, 7) is 2.50. The topological polar surface area (TPSA) is 80.5 Å². The molecule has 0 aliphatic carbocycles. The summed E-state index contributed by atoms with van der Waals surface area (Å²) < 4.78 is 37.6. The van der Waals surface area contributed by atoms with E-state index in [2.05, 4.69) is 0 Å². The van der Waals surface area contributed by atoms with E-state index in [9.17, 15) is 17.6 Å². The van der Waals surface area contributed by atoms with Crippen molar-refractivity contribution in [2.24, 2.45) is 5.73 Å². The van der Waals surface area contributed by atoms with Gasteiger partial charge in [-0.25, -0.2) is 17.1 Å². The van der Waals surface area contributed by atoms with Crippen LogP contribution in [0.25, 0.3) is 0 Å². The first-order valence-corrected chi connectivity index (χ1v) is 7.35. The normalized spacial score (nSPS) is 11.1. The van der Waals surface area contributed by atoms with E-state index in [1.54, 1.807) is 0 Å². The van der Waals surface area contributed by atoms with Gasteiger partial charge in [-0.15, -0.1) is 0 Å². The fraction of sp³-hybridized carbons (Fsp3) is 0.273. The Balaban J connectivity index is 3.57. The lowest BCUT2D eigenvalue weighted by Gasteiger charge is -2.22. The molecule has 1 amide bonds. The summed E-state index contributed by atoms with van der Waals surface area (Å²) in [6.07, 6.45) is 0. The summed E-state index contributed by atoms with van der Waals surface area (Å²) in [7, 11) is -3.84. The van der Waals surface area contributed by atoms with E-state index in [1.165, 1.54) is 13.0 Å². The lowest BCUT2D eigenvalue weighted by molar-refractivity contribution is -0.115. The van der Waals surface area contributed by atoms with Crippen molar-refractivity contribution in [3.63, 3.8) is 0 Å². The van der Waals surface area contributed by atoms with Gasteiger partial charge in [-0.2, -0.15) is 0 Å². The summed E-state index contributed by atoms with van der Waals surface area (Å²) in [5.41, 5.74) is 5.40. The number of amides is 1. The van der Waals surface area contributed by atoms with Crippen LogP contribution < -0.4 is 10.0 Å². The number of nitrogens with zero attached hydrogens (tertiary/aromatic N) is 1. The van der Waals surface area contributed by atoms with Crippen LogP contribution in [0.15, 0.2) is 18.2 Å². The molecule has 0 spiro atoms. The number of thiocarbonyl (C=S) groups is 1. The summed E-state index contributed by atoms with van der Waals surface area (Å²) >= 11 is 4.75. The standard InChI is InChI=1S/C11H13FN2O3S2/c1-3-19(16,17)14(7(2)15)10-5-4-8(12)6-9(10)11(13)18/h4-6H,3H2,1-2H3,(H2,13,18). The minimum Gasteiger partial charge on any atom is -0.389 e. The van der Waals surface area contributed by atoms with Crippen LogP contribution in [0.1, 0.15) is 19.4 Å². The third-order valence-electron chi connectivity index (χ3n) is 2.37. The third-order valence-corrected chi connectivity index (χ3v) is 4.33. The summed E-state index contributed by atoms with van der Waals surface area (Å²) in [6, 6.07) is 3.20. The first kappa shape index (κ1) is 15.5. The lowest BCUT2D eigenvalue weighted by Crippen LogP contribution is -2.37. The van der Waals surface area contributed by atoms with Gasteiger partial charge < -0.3 is 5.73 Å². The Morgan fingerprint density at radius 3 is 2.47 bits per heavy atom. The average Bonchev–Trinajstić information content (AvgIpc) is 2.30. The smallest absolute Gasteiger partial charge is 0.241 e. The van der Waals surface area contributed by atoms with Crippen LogP contribution in [-0.2, 0) is 14.8 Å². The van der Waals surface area contributed by atoms with Crippen LogP contribution in [0.3, 0.4) is 0 Å². The van der Waals surface area contributed by atoms with Crippen LogP contribution in [0.2, 0.25) is 0 Å². The SMILES string of the molecule is CCS(=O)(=O)N(C(C)=O)c1ccc(F)cc1C(N)=S. The number of anilines is 1. The molecule has 1 aromatic carbocycles. The molecule has 0 saturated heterocycles. The van der Waals surface area contributed by atoms with Crippen LogP contribution in [0.5, 0.6) is 0 Å². The van der Waals surface area contributed by atoms with Gasteiger partial charge in [-0.05, 0) is 25.1 Å². The van der Waals surface area contributed by atoms with Crippen LogP contribution in [0, 0.1) is 5.82 Å². The van der Waals surface area contributed by atoms with Gasteiger partial charge in [-0.3, -0.25) is 4.79 Å². The van der Waals surface area contributed by atoms with Gasteiger partial charge in [0.2, 0.25) is 15.9 Å². The second-order valence-corrected chi connectivity index (χ2v) is 6.26. The van der Waals surface area contributed by atoms with Gasteiger partial charge in [0, 0.05) is 12.5 Å². The summed E-state index contributed by atoms with van der Waals surface area (Å²) in [4.78, 5) is 11.4. The van der Waals surface area contributed by atoms with Crippen molar-refractivity contribution in [1.82, 2.24) is 0 Å². The number of benzene rings is 1. The molecule has 0 heterocycles. The molecule has 0 atom stereocenters. The van der Waals surface area contributed by atoms with E-state index in [1.807, 2.05) is 0 Å². The Hall–Kier alpha value is -1.54. The Bertz CT molecular complexity index is 629. The van der Waals surface area contributed by atoms with Crippen LogP contribution >= 0.6 is 12.2 Å². The van der Waals surface area contributed by atoms with Crippen molar-refractivity contribution < 1.29 is 17.6 Å². The van der Waals surface area contributed by atoms with Crippen molar-refractivity contribution in [3.05, 3.63) is 29.6 Å². The molecule has 0 bridgehead atoms. The largest absolute Gasteiger partial charge is 0.389 e. The fourth-order valence-corrected chi connectivity index (χ4v) is 2.80. The average molecular weight is 304 g/mol. The minimum atomic E-state index is -3.84. The third kappa shape index (κ3) is 3.27. The van der Waals surface area contributed by atoms with Crippen molar-refractivity contribution in [3.8, 4) is 0 Å². The maximum atomic E-state index is 13.2. The number of nitrogens with two attached hydrogens (primary N) is 1. The van der Waals surface area contributed by atoms with Crippen LogP contribution in [0.4, 0.5) is 10.1 Å². The minimum absolute atomic E-state index is 0.00206. The molecule has 0 unspecified atom stereocenters. The first-order chi connectivity index (χ1) is 8.70. The van der Waals surface area contributed by atoms with E-state index in [4.69, 9.17) is 18.0 Å². The quantitative estimate of drug-likeness (QED) is 0.844. The molecule has 0 saturated carbocycles. The van der Waals surface area contributed by atoms with Crippen molar-refractivity contribution in [2.45, 2.75) is 13.8 Å². The zero-order valence-corrected chi connectivity index (χ0v) is 12.0. The highest BCUT2D eigenvalue weighted by Gasteiger charge is 2.27. The second-order valence-electron chi connectivity index (χ2n) is 3.71. The molecule has 1 rings (SSSR count). The molecule has 0 aromatic heterocycles. The number of halogens is 1. The van der Waals surface area contributed by atoms with E-state index >= 15 is 0 Å². The predicted octanol–water partition coefficient (Wildman–Crippen LogP) is 1.16. The zero-order chi connectivity index (χ0) is 14.8. The molecule has 19 heavy (non-hydrogen) atoms. The predicted molar refractivity (Wildman–Crippen MR) is 74.9 cm³/mol. The zero-order valence-electron chi connectivity index (χ0n) is 10.4. The number of carbonyl (C=O) groups is 1. The monoisotopic (exact) mass is 304 g/mol. The molecular weight excluding hydrogens is 291 g/mol. The van der Waals surface area contributed by atoms with Gasteiger partial charge in [-0.1, -0.05) is 12.2 Å². The summed E-state index contributed by atoms with van der Waals surface area (Å²) in [5.74, 6) is -1.62. The molecule has 0 fully saturated rings. The maximum absolute atomic E-state index is 13.2. The highest BCUT2D eigenvalue weighted by atomic mass is 32.2. The number of hydrogen-bond acceptors (Lipinski definition) is 4. The van der Waals surface area contributed by atoms with Gasteiger partial charge in [0.1, 0.15) is 10.8 Å². The van der Waals surface area contributed by atoms with E-state index in [0.29, 0.717) is 4.31 Å². The molecule has 2 N–H and O–H groups in total. The molecule has 8 heteroatoms. The van der Waals surface area contributed by atoms with Crippen molar-refractivity contribution in [1.29, 1.82) is 0 Å². The summed E-state index contributed by atoms with van der Waals surface area (Å²) in [5, 5.41) is 0. The number of rotatable bonds is 4. The first-order valence-electron chi connectivity index (χ1n) is 5.33. The second kappa shape index (κ2) is 5.62. The molecular formula is C11H13FN2O3S2. The molecule has 104 valence electrons. The molecule has 0 radical (unpaired) electrons. The highest BCUT2D eigenvalue weighted by molar-refractivity contribution is 7.93. The van der Waals surface area contributed by atoms with Gasteiger partial charge in [0.15, 0.2) is 0 Å². The number of carbonyl (C=O) groups excluding carboxylic acids is 1. The molecule has 1 aromatic rings.